The van der Waals surface area contributed by atoms with Gasteiger partial charge in [-0.1, -0.05) is 26.7 Å². The monoisotopic (exact) mass is 173 g/mol. The van der Waals surface area contributed by atoms with E-state index in [0.717, 1.165) is 25.7 Å². The molecule has 0 heterocycles. The van der Waals surface area contributed by atoms with Gasteiger partial charge in [-0.3, -0.25) is 4.79 Å². The second kappa shape index (κ2) is 6.00. The lowest BCUT2D eigenvalue weighted by atomic mass is 9.91. The van der Waals surface area contributed by atoms with Gasteiger partial charge >= 0.3 is 5.97 Å². The predicted octanol–water partition coefficient (Wildman–Crippen LogP) is 1.61. The van der Waals surface area contributed by atoms with Crippen molar-refractivity contribution in [3.63, 3.8) is 0 Å². The molecule has 1 atom stereocenters. The summed E-state index contributed by atoms with van der Waals surface area (Å²) < 4.78 is 0. The lowest BCUT2D eigenvalue weighted by Crippen LogP contribution is -2.37. The fourth-order valence-corrected chi connectivity index (χ4v) is 1.45. The van der Waals surface area contributed by atoms with E-state index < -0.39 is 12.0 Å². The average Bonchev–Trinajstić information content (AvgIpc) is 2.03. The zero-order valence-corrected chi connectivity index (χ0v) is 7.92. The Bertz CT molecular complexity index is 130. The van der Waals surface area contributed by atoms with Crippen molar-refractivity contribution in [2.24, 2.45) is 11.7 Å². The maximum absolute atomic E-state index is 10.6. The Morgan fingerprint density at radius 3 is 2.00 bits per heavy atom. The molecule has 72 valence electrons. The van der Waals surface area contributed by atoms with Crippen LogP contribution in [0.4, 0.5) is 0 Å². The Morgan fingerprint density at radius 2 is 1.75 bits per heavy atom. The van der Waals surface area contributed by atoms with Crippen LogP contribution < -0.4 is 5.73 Å². The predicted molar refractivity (Wildman–Crippen MR) is 48.9 cm³/mol. The summed E-state index contributed by atoms with van der Waals surface area (Å²) in [5, 5.41) is 8.68. The van der Waals surface area contributed by atoms with Crippen LogP contribution in [-0.2, 0) is 4.79 Å². The number of rotatable bonds is 6. The SMILES string of the molecule is CCCC(CCC)C(N)C(=O)O. The molecular weight excluding hydrogens is 154 g/mol. The van der Waals surface area contributed by atoms with Gasteiger partial charge in [0.05, 0.1) is 0 Å². The molecule has 1 unspecified atom stereocenters. The third-order valence-electron chi connectivity index (χ3n) is 2.11. The summed E-state index contributed by atoms with van der Waals surface area (Å²) in [6.45, 7) is 4.11. The normalized spacial score (nSPS) is 13.3. The average molecular weight is 173 g/mol. The van der Waals surface area contributed by atoms with Crippen LogP contribution in [0.3, 0.4) is 0 Å². The number of carbonyl (C=O) groups is 1. The van der Waals surface area contributed by atoms with Gasteiger partial charge in [0.25, 0.3) is 0 Å². The molecule has 0 amide bonds. The van der Waals surface area contributed by atoms with Gasteiger partial charge in [-0.15, -0.1) is 0 Å². The lowest BCUT2D eigenvalue weighted by molar-refractivity contribution is -0.140. The first-order valence-corrected chi connectivity index (χ1v) is 4.61. The maximum atomic E-state index is 10.6. The van der Waals surface area contributed by atoms with Crippen molar-refractivity contribution >= 4 is 5.97 Å². The van der Waals surface area contributed by atoms with Gasteiger partial charge in [-0.2, -0.15) is 0 Å². The third kappa shape index (κ3) is 3.72. The summed E-state index contributed by atoms with van der Waals surface area (Å²) in [6.07, 6.45) is 3.85. The van der Waals surface area contributed by atoms with Crippen LogP contribution >= 0.6 is 0 Å². The summed E-state index contributed by atoms with van der Waals surface area (Å²) in [7, 11) is 0. The zero-order chi connectivity index (χ0) is 9.56. The number of nitrogens with two attached hydrogens (primary N) is 1. The van der Waals surface area contributed by atoms with E-state index in [9.17, 15) is 4.79 Å². The third-order valence-corrected chi connectivity index (χ3v) is 2.11. The Balaban J connectivity index is 3.98. The fraction of sp³-hybridized carbons (Fsp3) is 0.889. The van der Waals surface area contributed by atoms with E-state index in [-0.39, 0.29) is 5.92 Å². The Hall–Kier alpha value is -0.570. The molecule has 0 spiro atoms. The van der Waals surface area contributed by atoms with Gasteiger partial charge in [0.2, 0.25) is 0 Å². The second-order valence-corrected chi connectivity index (χ2v) is 3.20. The molecule has 0 rings (SSSR count). The van der Waals surface area contributed by atoms with E-state index >= 15 is 0 Å². The zero-order valence-electron chi connectivity index (χ0n) is 7.92. The Kier molecular flexibility index (Phi) is 5.72. The second-order valence-electron chi connectivity index (χ2n) is 3.20. The largest absolute Gasteiger partial charge is 0.480 e. The van der Waals surface area contributed by atoms with Crippen molar-refractivity contribution in [3.05, 3.63) is 0 Å². The summed E-state index contributed by atoms with van der Waals surface area (Å²) >= 11 is 0. The van der Waals surface area contributed by atoms with Gasteiger partial charge in [-0.25, -0.2) is 0 Å². The fourth-order valence-electron chi connectivity index (χ4n) is 1.45. The molecule has 12 heavy (non-hydrogen) atoms. The molecule has 0 aromatic carbocycles. The van der Waals surface area contributed by atoms with E-state index in [0.29, 0.717) is 0 Å². The molecule has 0 aliphatic rings. The highest BCUT2D eigenvalue weighted by molar-refractivity contribution is 5.73. The van der Waals surface area contributed by atoms with E-state index in [1.54, 1.807) is 0 Å². The van der Waals surface area contributed by atoms with Crippen LogP contribution in [0.25, 0.3) is 0 Å². The van der Waals surface area contributed by atoms with Crippen molar-refractivity contribution < 1.29 is 9.90 Å². The first kappa shape index (κ1) is 11.4. The van der Waals surface area contributed by atoms with Crippen molar-refractivity contribution in [2.75, 3.05) is 0 Å². The highest BCUT2D eigenvalue weighted by Gasteiger charge is 2.22. The highest BCUT2D eigenvalue weighted by atomic mass is 16.4. The van der Waals surface area contributed by atoms with Crippen molar-refractivity contribution in [3.8, 4) is 0 Å². The van der Waals surface area contributed by atoms with Gasteiger partial charge < -0.3 is 10.8 Å². The van der Waals surface area contributed by atoms with Crippen LogP contribution in [0, 0.1) is 5.92 Å². The first-order chi connectivity index (χ1) is 5.63. The maximum Gasteiger partial charge on any atom is 0.320 e. The highest BCUT2D eigenvalue weighted by Crippen LogP contribution is 2.16. The number of hydrogen-bond acceptors (Lipinski definition) is 2. The van der Waals surface area contributed by atoms with Crippen LogP contribution in [0.1, 0.15) is 39.5 Å². The topological polar surface area (TPSA) is 63.3 Å². The Labute approximate surface area is 74.0 Å². The van der Waals surface area contributed by atoms with Gasteiger partial charge in [0.1, 0.15) is 6.04 Å². The lowest BCUT2D eigenvalue weighted by Gasteiger charge is -2.18. The van der Waals surface area contributed by atoms with Crippen molar-refractivity contribution in [1.29, 1.82) is 0 Å². The number of aliphatic carboxylic acids is 1. The molecule has 0 aromatic rings. The number of hydrogen-bond donors (Lipinski definition) is 2. The number of carboxylic acids is 1. The molecule has 0 saturated heterocycles. The van der Waals surface area contributed by atoms with E-state index in [2.05, 4.69) is 13.8 Å². The Morgan fingerprint density at radius 1 is 1.33 bits per heavy atom. The first-order valence-electron chi connectivity index (χ1n) is 4.61. The van der Waals surface area contributed by atoms with Gasteiger partial charge in [0.15, 0.2) is 0 Å². The smallest absolute Gasteiger partial charge is 0.320 e. The summed E-state index contributed by atoms with van der Waals surface area (Å²) in [5.74, 6) is -0.723. The minimum absolute atomic E-state index is 0.150. The minimum atomic E-state index is -0.873. The van der Waals surface area contributed by atoms with E-state index in [1.165, 1.54) is 0 Å². The van der Waals surface area contributed by atoms with Crippen LogP contribution in [-0.4, -0.2) is 17.1 Å². The van der Waals surface area contributed by atoms with Gasteiger partial charge in [0, 0.05) is 0 Å². The molecule has 0 radical (unpaired) electrons. The molecular formula is C9H19NO2. The number of carboxylic acid groups (broad SMARTS) is 1. The van der Waals surface area contributed by atoms with Crippen molar-refractivity contribution in [1.82, 2.24) is 0 Å². The molecule has 3 heteroatoms. The molecule has 0 aromatic heterocycles. The molecule has 0 saturated carbocycles. The van der Waals surface area contributed by atoms with Gasteiger partial charge in [-0.05, 0) is 18.8 Å². The molecule has 0 fully saturated rings. The molecule has 3 nitrogen and oxygen atoms in total. The van der Waals surface area contributed by atoms with Crippen LogP contribution in [0.15, 0.2) is 0 Å². The summed E-state index contributed by atoms with van der Waals surface area (Å²) in [5.41, 5.74) is 5.53. The van der Waals surface area contributed by atoms with Crippen molar-refractivity contribution in [2.45, 2.75) is 45.6 Å². The standard InChI is InChI=1S/C9H19NO2/c1-3-5-7(6-4-2)8(10)9(11)12/h7-8H,3-6,10H2,1-2H3,(H,11,12). The quantitative estimate of drug-likeness (QED) is 0.641. The molecule has 0 bridgehead atoms. The van der Waals surface area contributed by atoms with Crippen LogP contribution in [0.5, 0.6) is 0 Å². The molecule has 0 aliphatic carbocycles. The molecule has 3 N–H and O–H groups in total. The summed E-state index contributed by atoms with van der Waals surface area (Å²) in [6, 6.07) is -0.676. The minimum Gasteiger partial charge on any atom is -0.480 e. The molecule has 0 aliphatic heterocycles. The van der Waals surface area contributed by atoms with E-state index in [4.69, 9.17) is 10.8 Å². The van der Waals surface area contributed by atoms with E-state index in [1.807, 2.05) is 0 Å². The summed E-state index contributed by atoms with van der Waals surface area (Å²) in [4.78, 5) is 10.6. The van der Waals surface area contributed by atoms with Crippen LogP contribution in [0.2, 0.25) is 0 Å².